The number of nitrogens with one attached hydrogen (secondary N) is 1. The van der Waals surface area contributed by atoms with E-state index < -0.39 is 33.9 Å². The first kappa shape index (κ1) is 19.8. The van der Waals surface area contributed by atoms with Crippen LogP contribution in [0.5, 0.6) is 11.5 Å². The minimum Gasteiger partial charge on any atom is -0.489 e. The van der Waals surface area contributed by atoms with Gasteiger partial charge in [0.2, 0.25) is 0 Å². The molecule has 10 heteroatoms. The highest BCUT2D eigenvalue weighted by Crippen LogP contribution is 2.38. The van der Waals surface area contributed by atoms with E-state index in [9.17, 15) is 18.0 Å². The van der Waals surface area contributed by atoms with Crippen molar-refractivity contribution in [1.82, 2.24) is 5.32 Å². The summed E-state index contributed by atoms with van der Waals surface area (Å²) in [7, 11) is -3.11. The van der Waals surface area contributed by atoms with Crippen molar-refractivity contribution >= 4 is 33.3 Å². The lowest BCUT2D eigenvalue weighted by atomic mass is 10.2. The van der Waals surface area contributed by atoms with Crippen molar-refractivity contribution < 1.29 is 32.2 Å². The molecule has 0 aliphatic carbocycles. The van der Waals surface area contributed by atoms with Gasteiger partial charge in [-0.05, 0) is 25.5 Å². The van der Waals surface area contributed by atoms with Gasteiger partial charge in [0.25, 0.3) is 5.91 Å². The number of carbonyl (C=O) groups excluding carboxylic acids is 2. The first-order valence-corrected chi connectivity index (χ1v) is 10.8. The molecule has 0 unspecified atom stereocenters. The maximum absolute atomic E-state index is 12.4. The van der Waals surface area contributed by atoms with Crippen LogP contribution in [-0.2, 0) is 19.4 Å². The van der Waals surface area contributed by atoms with Crippen LogP contribution in [-0.4, -0.2) is 57.2 Å². The first-order chi connectivity index (χ1) is 12.7. The molecule has 8 nitrogen and oxygen atoms in total. The summed E-state index contributed by atoms with van der Waals surface area (Å²) in [5, 5.41) is 2.81. The van der Waals surface area contributed by atoms with Crippen LogP contribution in [0.3, 0.4) is 0 Å². The number of hydrogen-bond acceptors (Lipinski definition) is 7. The second-order valence-corrected chi connectivity index (χ2v) is 9.13. The topological polar surface area (TPSA) is 108 Å². The van der Waals surface area contributed by atoms with E-state index in [1.165, 1.54) is 19.1 Å². The zero-order valence-electron chi connectivity index (χ0n) is 14.7. The molecule has 1 N–H and O–H groups in total. The first-order valence-electron chi connectivity index (χ1n) is 8.56. The van der Waals surface area contributed by atoms with Crippen LogP contribution in [0, 0.1) is 0 Å². The highest BCUT2D eigenvalue weighted by molar-refractivity contribution is 7.91. The zero-order valence-corrected chi connectivity index (χ0v) is 16.3. The SMILES string of the molecule is C[C@@H](OC(=O)c1cc(Cl)c2c(c1)OCCCO2)C(=O)N[C@H]1CCS(=O)(=O)C1. The molecular formula is C17H20ClNO7S. The third-order valence-corrected chi connectivity index (χ3v) is 6.32. The Labute approximate surface area is 162 Å². The van der Waals surface area contributed by atoms with Crippen molar-refractivity contribution in [2.75, 3.05) is 24.7 Å². The van der Waals surface area contributed by atoms with E-state index >= 15 is 0 Å². The Hall–Kier alpha value is -2.00. The third-order valence-electron chi connectivity index (χ3n) is 4.27. The molecule has 2 heterocycles. The number of esters is 1. The number of sulfone groups is 1. The van der Waals surface area contributed by atoms with E-state index in [1.54, 1.807) is 0 Å². The lowest BCUT2D eigenvalue weighted by Crippen LogP contribution is -2.42. The summed E-state index contributed by atoms with van der Waals surface area (Å²) in [6, 6.07) is 2.39. The van der Waals surface area contributed by atoms with E-state index in [0.29, 0.717) is 37.6 Å². The summed E-state index contributed by atoms with van der Waals surface area (Å²) < 4.78 is 39.1. The Morgan fingerprint density at radius 3 is 2.74 bits per heavy atom. The molecule has 148 valence electrons. The number of amides is 1. The van der Waals surface area contributed by atoms with Crippen molar-refractivity contribution in [3.8, 4) is 11.5 Å². The normalized spacial score (nSPS) is 21.8. The van der Waals surface area contributed by atoms with E-state index in [0.717, 1.165) is 0 Å². The lowest BCUT2D eigenvalue weighted by molar-refractivity contribution is -0.129. The molecule has 1 aromatic rings. The Kier molecular flexibility index (Phi) is 5.81. The van der Waals surface area contributed by atoms with Gasteiger partial charge in [-0.2, -0.15) is 0 Å². The van der Waals surface area contributed by atoms with Crippen LogP contribution in [0.25, 0.3) is 0 Å². The van der Waals surface area contributed by atoms with Gasteiger partial charge in [-0.3, -0.25) is 4.79 Å². The molecule has 1 aromatic carbocycles. The van der Waals surface area contributed by atoms with E-state index in [4.69, 9.17) is 25.8 Å². The van der Waals surface area contributed by atoms with Crippen molar-refractivity contribution in [3.63, 3.8) is 0 Å². The number of halogens is 1. The maximum atomic E-state index is 12.4. The van der Waals surface area contributed by atoms with Gasteiger partial charge >= 0.3 is 5.97 Å². The molecular weight excluding hydrogens is 398 g/mol. The van der Waals surface area contributed by atoms with Crippen molar-refractivity contribution in [1.29, 1.82) is 0 Å². The predicted octanol–water partition coefficient (Wildman–Crippen LogP) is 1.35. The second kappa shape index (κ2) is 7.93. The Bertz CT molecular complexity index is 855. The van der Waals surface area contributed by atoms with Crippen LogP contribution in [0.2, 0.25) is 5.02 Å². The Morgan fingerprint density at radius 1 is 1.30 bits per heavy atom. The molecule has 0 radical (unpaired) electrons. The fourth-order valence-corrected chi connectivity index (χ4v) is 4.80. The van der Waals surface area contributed by atoms with Gasteiger partial charge in [0.15, 0.2) is 27.4 Å². The zero-order chi connectivity index (χ0) is 19.6. The van der Waals surface area contributed by atoms with Gasteiger partial charge in [-0.25, -0.2) is 13.2 Å². The molecule has 0 aromatic heterocycles. The average Bonchev–Trinajstić information content (AvgIpc) is 2.80. The number of hydrogen-bond donors (Lipinski definition) is 1. The predicted molar refractivity (Wildman–Crippen MR) is 97.1 cm³/mol. The van der Waals surface area contributed by atoms with Gasteiger partial charge < -0.3 is 19.5 Å². The fourth-order valence-electron chi connectivity index (χ4n) is 2.86. The molecule has 1 fully saturated rings. The summed E-state index contributed by atoms with van der Waals surface area (Å²) in [5.74, 6) is -0.627. The van der Waals surface area contributed by atoms with Gasteiger partial charge in [0.1, 0.15) is 0 Å². The van der Waals surface area contributed by atoms with Crippen LogP contribution in [0.1, 0.15) is 30.1 Å². The van der Waals surface area contributed by atoms with Gasteiger partial charge in [0.05, 0.1) is 35.3 Å². The van der Waals surface area contributed by atoms with Crippen LogP contribution in [0.4, 0.5) is 0 Å². The summed E-state index contributed by atoms with van der Waals surface area (Å²) in [5.41, 5.74) is 0.132. The highest BCUT2D eigenvalue weighted by atomic mass is 35.5. The summed E-state index contributed by atoms with van der Waals surface area (Å²) in [6.45, 7) is 2.32. The van der Waals surface area contributed by atoms with Crippen molar-refractivity contribution in [3.05, 3.63) is 22.7 Å². The van der Waals surface area contributed by atoms with E-state index in [1.807, 2.05) is 0 Å². The molecule has 3 rings (SSSR count). The summed E-state index contributed by atoms with van der Waals surface area (Å²) in [6.07, 6.45) is -0.0404. The largest absolute Gasteiger partial charge is 0.489 e. The lowest BCUT2D eigenvalue weighted by Gasteiger charge is -2.17. The summed E-state index contributed by atoms with van der Waals surface area (Å²) >= 11 is 6.15. The minimum absolute atomic E-state index is 0.0435. The fraction of sp³-hybridized carbons (Fsp3) is 0.529. The third kappa shape index (κ3) is 4.84. The molecule has 0 spiro atoms. The molecule has 0 saturated carbocycles. The van der Waals surface area contributed by atoms with E-state index in [2.05, 4.69) is 5.32 Å². The number of ether oxygens (including phenoxy) is 3. The Morgan fingerprint density at radius 2 is 2.04 bits per heavy atom. The molecule has 27 heavy (non-hydrogen) atoms. The standard InChI is InChI=1S/C17H20ClNO7S/c1-10(16(20)19-12-3-6-27(22,23)9-12)26-17(21)11-7-13(18)15-14(8-11)24-4-2-5-25-15/h7-8,10,12H,2-6,9H2,1H3,(H,19,20)/t10-,12+/m1/s1. The van der Waals surface area contributed by atoms with Gasteiger partial charge in [-0.15, -0.1) is 0 Å². The number of rotatable bonds is 4. The van der Waals surface area contributed by atoms with Crippen LogP contribution < -0.4 is 14.8 Å². The number of benzene rings is 1. The molecule has 2 atom stereocenters. The molecule has 0 bridgehead atoms. The van der Waals surface area contributed by atoms with Crippen molar-refractivity contribution in [2.24, 2.45) is 0 Å². The quantitative estimate of drug-likeness (QED) is 0.736. The number of fused-ring (bicyclic) bond motifs is 1. The maximum Gasteiger partial charge on any atom is 0.339 e. The monoisotopic (exact) mass is 417 g/mol. The second-order valence-electron chi connectivity index (χ2n) is 6.49. The van der Waals surface area contributed by atoms with Crippen LogP contribution in [0.15, 0.2) is 12.1 Å². The number of carbonyl (C=O) groups is 2. The molecule has 1 saturated heterocycles. The highest BCUT2D eigenvalue weighted by Gasteiger charge is 2.31. The molecule has 1 amide bonds. The van der Waals surface area contributed by atoms with Gasteiger partial charge in [0, 0.05) is 12.5 Å². The minimum atomic E-state index is -3.11. The van der Waals surface area contributed by atoms with Crippen LogP contribution >= 0.6 is 11.6 Å². The molecule has 2 aliphatic rings. The Balaban J connectivity index is 1.63. The smallest absolute Gasteiger partial charge is 0.339 e. The van der Waals surface area contributed by atoms with Gasteiger partial charge in [-0.1, -0.05) is 11.6 Å². The summed E-state index contributed by atoms with van der Waals surface area (Å²) in [4.78, 5) is 24.5. The molecule has 2 aliphatic heterocycles. The van der Waals surface area contributed by atoms with Crippen molar-refractivity contribution in [2.45, 2.75) is 31.9 Å². The average molecular weight is 418 g/mol. The van der Waals surface area contributed by atoms with E-state index in [-0.39, 0.29) is 22.1 Å².